The summed E-state index contributed by atoms with van der Waals surface area (Å²) < 4.78 is 40.4. The minimum Gasteiger partial charge on any atom is -0.371 e. The highest BCUT2D eigenvalue weighted by molar-refractivity contribution is 5.94. The first-order chi connectivity index (χ1) is 14.7. The van der Waals surface area contributed by atoms with Gasteiger partial charge in [0.1, 0.15) is 6.29 Å². The van der Waals surface area contributed by atoms with Crippen molar-refractivity contribution in [3.8, 4) is 0 Å². The number of rotatable bonds is 5. The molecule has 9 heteroatoms. The third-order valence-electron chi connectivity index (χ3n) is 5.16. The number of aldehydes is 1. The first-order valence-electron chi connectivity index (χ1n) is 9.77. The fourth-order valence-electron chi connectivity index (χ4n) is 3.57. The molecular weight excluding hydrogens is 411 g/mol. The smallest absolute Gasteiger partial charge is 0.371 e. The fourth-order valence-corrected chi connectivity index (χ4v) is 3.57. The zero-order valence-corrected chi connectivity index (χ0v) is 16.8. The van der Waals surface area contributed by atoms with Crippen molar-refractivity contribution >= 4 is 35.2 Å². The van der Waals surface area contributed by atoms with E-state index in [9.17, 15) is 27.6 Å². The van der Waals surface area contributed by atoms with Crippen molar-refractivity contribution in [2.75, 3.05) is 28.6 Å². The minimum atomic E-state index is -4.69. The predicted octanol–water partition coefficient (Wildman–Crippen LogP) is 4.33. The minimum absolute atomic E-state index is 0.00623. The molecule has 164 valence electrons. The van der Waals surface area contributed by atoms with Gasteiger partial charge in [-0.3, -0.25) is 14.4 Å². The van der Waals surface area contributed by atoms with Crippen molar-refractivity contribution in [3.05, 3.63) is 53.6 Å². The molecule has 1 heterocycles. The number of benzene rings is 2. The zero-order valence-electron chi connectivity index (χ0n) is 16.8. The summed E-state index contributed by atoms with van der Waals surface area (Å²) in [5.41, 5.74) is 0.158. The number of halogens is 3. The van der Waals surface area contributed by atoms with Crippen molar-refractivity contribution in [3.63, 3.8) is 0 Å². The molecule has 0 atom stereocenters. The van der Waals surface area contributed by atoms with Crippen molar-refractivity contribution < 1.29 is 27.6 Å². The Hall–Kier alpha value is -3.36. The second-order valence-electron chi connectivity index (χ2n) is 7.40. The molecule has 0 unspecified atom stereocenters. The molecule has 0 radical (unpaired) electrons. The molecule has 1 saturated heterocycles. The fraction of sp³-hybridized carbons (Fsp3) is 0.318. The molecule has 2 aromatic rings. The number of alkyl halides is 3. The highest BCUT2D eigenvalue weighted by Crippen LogP contribution is 2.37. The van der Waals surface area contributed by atoms with Crippen molar-refractivity contribution in [2.45, 2.75) is 25.9 Å². The van der Waals surface area contributed by atoms with Gasteiger partial charge in [0.2, 0.25) is 11.8 Å². The molecule has 0 aliphatic carbocycles. The molecule has 3 rings (SSSR count). The van der Waals surface area contributed by atoms with Crippen molar-refractivity contribution in [1.82, 2.24) is 0 Å². The van der Waals surface area contributed by atoms with Crippen LogP contribution in [-0.2, 0) is 15.8 Å². The van der Waals surface area contributed by atoms with Gasteiger partial charge in [0.25, 0.3) is 0 Å². The van der Waals surface area contributed by atoms with Gasteiger partial charge in [-0.25, -0.2) is 0 Å². The molecule has 6 nitrogen and oxygen atoms in total. The van der Waals surface area contributed by atoms with Gasteiger partial charge in [0.15, 0.2) is 0 Å². The van der Waals surface area contributed by atoms with E-state index < -0.39 is 29.5 Å². The molecular formula is C22H22F3N3O3. The van der Waals surface area contributed by atoms with Crippen LogP contribution in [0.25, 0.3) is 0 Å². The maximum Gasteiger partial charge on any atom is 0.418 e. The van der Waals surface area contributed by atoms with E-state index >= 15 is 0 Å². The lowest BCUT2D eigenvalue weighted by atomic mass is 9.95. The topological polar surface area (TPSA) is 78.5 Å². The molecule has 0 spiro atoms. The van der Waals surface area contributed by atoms with E-state index in [4.69, 9.17) is 0 Å². The van der Waals surface area contributed by atoms with Crippen LogP contribution in [0.1, 0.15) is 35.7 Å². The average molecular weight is 433 g/mol. The van der Waals surface area contributed by atoms with E-state index in [0.29, 0.717) is 31.5 Å². The second kappa shape index (κ2) is 9.20. The normalized spacial score (nSPS) is 14.8. The maximum absolute atomic E-state index is 13.5. The summed E-state index contributed by atoms with van der Waals surface area (Å²) in [5, 5.41) is 4.72. The van der Waals surface area contributed by atoms with Gasteiger partial charge in [0.05, 0.1) is 11.3 Å². The molecule has 1 fully saturated rings. The number of nitrogens with zero attached hydrogens (tertiary/aromatic N) is 1. The molecule has 2 amide bonds. The number of carbonyl (C=O) groups is 3. The SMILES string of the molecule is CC(=O)Nc1ccc(NC(=O)C2CCN(c3ccc(C=O)cc3)CC2)c(C(F)(F)F)c1. The lowest BCUT2D eigenvalue weighted by molar-refractivity contribution is -0.137. The summed E-state index contributed by atoms with van der Waals surface area (Å²) >= 11 is 0. The Kier molecular flexibility index (Phi) is 6.62. The Labute approximate surface area is 177 Å². The monoisotopic (exact) mass is 433 g/mol. The Morgan fingerprint density at radius 1 is 1.03 bits per heavy atom. The molecule has 0 saturated carbocycles. The number of carbonyl (C=O) groups excluding carboxylic acids is 3. The van der Waals surface area contributed by atoms with Gasteiger partial charge in [-0.15, -0.1) is 0 Å². The first kappa shape index (κ1) is 22.3. The van der Waals surface area contributed by atoms with E-state index in [0.717, 1.165) is 24.1 Å². The van der Waals surface area contributed by atoms with Gasteiger partial charge in [-0.2, -0.15) is 13.2 Å². The van der Waals surface area contributed by atoms with Crippen LogP contribution in [0, 0.1) is 5.92 Å². The van der Waals surface area contributed by atoms with Gasteiger partial charge in [-0.1, -0.05) is 0 Å². The Morgan fingerprint density at radius 2 is 1.68 bits per heavy atom. The van der Waals surface area contributed by atoms with E-state index in [1.54, 1.807) is 12.1 Å². The summed E-state index contributed by atoms with van der Waals surface area (Å²) in [4.78, 5) is 36.6. The number of anilines is 3. The van der Waals surface area contributed by atoms with Crippen LogP contribution < -0.4 is 15.5 Å². The van der Waals surface area contributed by atoms with Gasteiger partial charge in [-0.05, 0) is 55.3 Å². The van der Waals surface area contributed by atoms with Crippen LogP contribution in [0.2, 0.25) is 0 Å². The number of amides is 2. The van der Waals surface area contributed by atoms with Gasteiger partial charge >= 0.3 is 6.18 Å². The summed E-state index contributed by atoms with van der Waals surface area (Å²) in [6, 6.07) is 10.4. The van der Waals surface area contributed by atoms with Crippen LogP contribution in [0.3, 0.4) is 0 Å². The summed E-state index contributed by atoms with van der Waals surface area (Å²) in [7, 11) is 0. The molecule has 2 N–H and O–H groups in total. The van der Waals surface area contributed by atoms with Gasteiger partial charge < -0.3 is 15.5 Å². The van der Waals surface area contributed by atoms with Crippen molar-refractivity contribution in [1.29, 1.82) is 0 Å². The van der Waals surface area contributed by atoms with Crippen LogP contribution in [0.5, 0.6) is 0 Å². The molecule has 2 aromatic carbocycles. The lowest BCUT2D eigenvalue weighted by Gasteiger charge is -2.33. The van der Waals surface area contributed by atoms with Crippen LogP contribution in [0.15, 0.2) is 42.5 Å². The standard InChI is InChI=1S/C22H22F3N3O3/c1-14(30)26-17-4-7-20(19(12-17)22(23,24)25)27-21(31)16-8-10-28(11-9-16)18-5-2-15(13-29)3-6-18/h2-7,12-13,16H,8-11H2,1H3,(H,26,30)(H,27,31). The molecule has 31 heavy (non-hydrogen) atoms. The largest absolute Gasteiger partial charge is 0.418 e. The Balaban J connectivity index is 1.66. The summed E-state index contributed by atoms with van der Waals surface area (Å²) in [6.45, 7) is 2.35. The quantitative estimate of drug-likeness (QED) is 0.688. The molecule has 1 aliphatic rings. The van der Waals surface area contributed by atoms with Crippen LogP contribution in [-0.4, -0.2) is 31.2 Å². The third kappa shape index (κ3) is 5.62. The molecule has 1 aliphatic heterocycles. The maximum atomic E-state index is 13.5. The van der Waals surface area contributed by atoms with Gasteiger partial charge in [0, 0.05) is 42.9 Å². The molecule has 0 aromatic heterocycles. The Bertz CT molecular complexity index is 966. The highest BCUT2D eigenvalue weighted by Gasteiger charge is 2.35. The average Bonchev–Trinajstić information content (AvgIpc) is 2.74. The Morgan fingerprint density at radius 3 is 2.23 bits per heavy atom. The highest BCUT2D eigenvalue weighted by atomic mass is 19.4. The predicted molar refractivity (Wildman–Crippen MR) is 111 cm³/mol. The van der Waals surface area contributed by atoms with Crippen LogP contribution in [0.4, 0.5) is 30.2 Å². The van der Waals surface area contributed by atoms with E-state index in [1.807, 2.05) is 12.1 Å². The summed E-state index contributed by atoms with van der Waals surface area (Å²) in [6.07, 6.45) is -2.94. The summed E-state index contributed by atoms with van der Waals surface area (Å²) in [5.74, 6) is -1.37. The van der Waals surface area contributed by atoms with E-state index in [1.165, 1.54) is 13.0 Å². The zero-order chi connectivity index (χ0) is 22.6. The van der Waals surface area contributed by atoms with E-state index in [2.05, 4.69) is 15.5 Å². The number of nitrogens with one attached hydrogen (secondary N) is 2. The van der Waals surface area contributed by atoms with E-state index in [-0.39, 0.29) is 11.4 Å². The third-order valence-corrected chi connectivity index (χ3v) is 5.16. The molecule has 0 bridgehead atoms. The number of piperidine rings is 1. The number of hydrogen-bond acceptors (Lipinski definition) is 4. The first-order valence-corrected chi connectivity index (χ1v) is 9.77. The van der Waals surface area contributed by atoms with Crippen molar-refractivity contribution in [2.24, 2.45) is 5.92 Å². The lowest BCUT2D eigenvalue weighted by Crippen LogP contribution is -2.38. The van der Waals surface area contributed by atoms with Crippen LogP contribution >= 0.6 is 0 Å². The number of hydrogen-bond donors (Lipinski definition) is 2. The second-order valence-corrected chi connectivity index (χ2v) is 7.40.